The zero-order valence-corrected chi connectivity index (χ0v) is 18.4. The first kappa shape index (κ1) is 21.0. The van der Waals surface area contributed by atoms with Gasteiger partial charge in [-0.2, -0.15) is 4.40 Å². The summed E-state index contributed by atoms with van der Waals surface area (Å²) < 4.78 is 22.7. The van der Waals surface area contributed by atoms with Gasteiger partial charge in [-0.15, -0.1) is 0 Å². The highest BCUT2D eigenvalue weighted by molar-refractivity contribution is 7.96. The topological polar surface area (TPSA) is 60.4 Å². The maximum atomic E-state index is 12.5. The number of fused-ring (bicyclic) bond motifs is 1. The highest BCUT2D eigenvalue weighted by Gasteiger charge is 2.33. The average molecular weight is 415 g/mol. The predicted octanol–water partition coefficient (Wildman–Crippen LogP) is 5.51. The van der Waals surface area contributed by atoms with Crippen molar-refractivity contribution in [2.24, 2.45) is 4.40 Å². The Morgan fingerprint density at radius 2 is 1.86 bits per heavy atom. The van der Waals surface area contributed by atoms with Gasteiger partial charge in [0, 0.05) is 26.0 Å². The minimum atomic E-state index is -0.542. The van der Waals surface area contributed by atoms with Gasteiger partial charge >= 0.3 is 6.09 Å². The second kappa shape index (κ2) is 8.37. The molecule has 0 spiro atoms. The second-order valence-corrected chi connectivity index (χ2v) is 8.66. The van der Waals surface area contributed by atoms with E-state index < -0.39 is 6.09 Å². The first-order chi connectivity index (χ1) is 13.6. The minimum Gasteiger partial charge on any atom is -0.483 e. The molecule has 2 aromatic rings. The van der Waals surface area contributed by atoms with Crippen molar-refractivity contribution in [1.82, 2.24) is 4.31 Å². The van der Waals surface area contributed by atoms with E-state index in [4.69, 9.17) is 14.2 Å². The lowest BCUT2D eigenvalue weighted by molar-refractivity contribution is 0.132. The Labute approximate surface area is 176 Å². The van der Waals surface area contributed by atoms with E-state index in [9.17, 15) is 4.79 Å². The fourth-order valence-electron chi connectivity index (χ4n) is 3.16. The van der Waals surface area contributed by atoms with Crippen molar-refractivity contribution >= 4 is 24.1 Å². The van der Waals surface area contributed by atoms with Crippen LogP contribution in [0.15, 0.2) is 40.8 Å². The molecule has 1 amide bonds. The molecule has 0 unspecified atom stereocenters. The van der Waals surface area contributed by atoms with Crippen LogP contribution in [-0.2, 0) is 6.42 Å². The van der Waals surface area contributed by atoms with Crippen LogP contribution in [0.3, 0.4) is 0 Å². The normalized spacial score (nSPS) is 14.8. The molecule has 0 saturated heterocycles. The molecule has 7 heteroatoms. The standard InChI is InChI=1S/C22H26N2O4S/c1-14-10-15(2)12-18(11-14)26-16(3)23-29-24(6)21(25)27-19-9-7-8-17-13-22(4,5)28-20(17)19/h7-12H,13H2,1-6H3/b23-16+. The molecule has 29 heavy (non-hydrogen) atoms. The maximum absolute atomic E-state index is 12.5. The number of benzene rings is 2. The van der Waals surface area contributed by atoms with Crippen molar-refractivity contribution in [2.45, 2.75) is 46.6 Å². The van der Waals surface area contributed by atoms with E-state index in [1.165, 1.54) is 4.31 Å². The molecule has 0 saturated carbocycles. The molecule has 0 bridgehead atoms. The molecule has 3 rings (SSSR count). The van der Waals surface area contributed by atoms with Crippen molar-refractivity contribution in [3.05, 3.63) is 53.1 Å². The van der Waals surface area contributed by atoms with Crippen LogP contribution >= 0.6 is 12.1 Å². The maximum Gasteiger partial charge on any atom is 0.426 e. The van der Waals surface area contributed by atoms with Crippen LogP contribution in [0, 0.1) is 13.8 Å². The fourth-order valence-corrected chi connectivity index (χ4v) is 3.54. The van der Waals surface area contributed by atoms with Gasteiger partial charge in [0.1, 0.15) is 23.5 Å². The quantitative estimate of drug-likeness (QED) is 0.375. The van der Waals surface area contributed by atoms with Crippen LogP contribution in [0.25, 0.3) is 0 Å². The zero-order valence-electron chi connectivity index (χ0n) is 17.6. The van der Waals surface area contributed by atoms with Gasteiger partial charge in [-0.05, 0) is 57.0 Å². The Balaban J connectivity index is 1.60. The van der Waals surface area contributed by atoms with Crippen LogP contribution < -0.4 is 14.2 Å². The van der Waals surface area contributed by atoms with Crippen molar-refractivity contribution < 1.29 is 19.0 Å². The molecule has 6 nitrogen and oxygen atoms in total. The lowest BCUT2D eigenvalue weighted by Gasteiger charge is -2.18. The third-order valence-corrected chi connectivity index (χ3v) is 4.99. The lowest BCUT2D eigenvalue weighted by Crippen LogP contribution is -2.25. The van der Waals surface area contributed by atoms with Crippen molar-refractivity contribution in [3.63, 3.8) is 0 Å². The number of hydrogen-bond donors (Lipinski definition) is 0. The summed E-state index contributed by atoms with van der Waals surface area (Å²) in [5, 5.41) is 0. The van der Waals surface area contributed by atoms with Gasteiger partial charge in [-0.1, -0.05) is 18.2 Å². The van der Waals surface area contributed by atoms with Gasteiger partial charge in [0.25, 0.3) is 0 Å². The molecular weight excluding hydrogens is 388 g/mol. The molecule has 2 aromatic carbocycles. The van der Waals surface area contributed by atoms with Gasteiger partial charge in [0.2, 0.25) is 0 Å². The molecule has 0 fully saturated rings. The summed E-state index contributed by atoms with van der Waals surface area (Å²) in [7, 11) is 1.59. The summed E-state index contributed by atoms with van der Waals surface area (Å²) in [5.41, 5.74) is 2.95. The number of rotatable bonds is 4. The number of carbonyl (C=O) groups excluding carboxylic acids is 1. The third kappa shape index (κ3) is 5.44. The van der Waals surface area contributed by atoms with Crippen LogP contribution in [0.5, 0.6) is 17.2 Å². The predicted molar refractivity (Wildman–Crippen MR) is 116 cm³/mol. The molecule has 0 aliphatic carbocycles. The van der Waals surface area contributed by atoms with Crippen LogP contribution in [0.2, 0.25) is 0 Å². The monoisotopic (exact) mass is 414 g/mol. The van der Waals surface area contributed by atoms with E-state index in [-0.39, 0.29) is 5.60 Å². The van der Waals surface area contributed by atoms with E-state index in [1.807, 2.05) is 52.0 Å². The van der Waals surface area contributed by atoms with Gasteiger partial charge in [0.05, 0.1) is 0 Å². The van der Waals surface area contributed by atoms with Crippen molar-refractivity contribution in [1.29, 1.82) is 0 Å². The second-order valence-electron chi connectivity index (χ2n) is 7.77. The number of amides is 1. The SMILES string of the molecule is C/C(=N\SN(C)C(=O)Oc1cccc2c1OC(C)(C)C2)Oc1cc(C)cc(C)c1. The zero-order chi connectivity index (χ0) is 21.2. The van der Waals surface area contributed by atoms with Gasteiger partial charge < -0.3 is 14.2 Å². The van der Waals surface area contributed by atoms with E-state index >= 15 is 0 Å². The van der Waals surface area contributed by atoms with E-state index in [0.717, 1.165) is 35.2 Å². The number of nitrogens with zero attached hydrogens (tertiary/aromatic N) is 2. The smallest absolute Gasteiger partial charge is 0.426 e. The number of ether oxygens (including phenoxy) is 3. The van der Waals surface area contributed by atoms with Crippen LogP contribution in [0.4, 0.5) is 4.79 Å². The Kier molecular flexibility index (Phi) is 6.07. The molecule has 154 valence electrons. The molecule has 0 atom stereocenters. The molecule has 1 heterocycles. The first-order valence-corrected chi connectivity index (χ1v) is 10.1. The molecule has 1 aliphatic rings. The molecule has 0 N–H and O–H groups in total. The Morgan fingerprint density at radius 1 is 1.17 bits per heavy atom. The fraction of sp³-hybridized carbons (Fsp3) is 0.364. The minimum absolute atomic E-state index is 0.307. The summed E-state index contributed by atoms with van der Waals surface area (Å²) in [6, 6.07) is 11.5. The molecule has 0 aromatic heterocycles. The average Bonchev–Trinajstić information content (AvgIpc) is 2.93. The summed E-state index contributed by atoms with van der Waals surface area (Å²) in [5.74, 6) is 2.19. The Hall–Kier alpha value is -2.67. The first-order valence-electron chi connectivity index (χ1n) is 9.37. The highest BCUT2D eigenvalue weighted by atomic mass is 32.2. The van der Waals surface area contributed by atoms with Gasteiger partial charge in [0.15, 0.2) is 17.4 Å². The van der Waals surface area contributed by atoms with E-state index in [0.29, 0.717) is 23.1 Å². The number of aryl methyl sites for hydroxylation is 2. The van der Waals surface area contributed by atoms with E-state index in [1.54, 1.807) is 20.0 Å². The number of carbonyl (C=O) groups is 1. The Bertz CT molecular complexity index is 936. The number of hydrogen-bond acceptors (Lipinski definition) is 6. The van der Waals surface area contributed by atoms with Crippen molar-refractivity contribution in [2.75, 3.05) is 7.05 Å². The third-order valence-electron chi connectivity index (χ3n) is 4.26. The van der Waals surface area contributed by atoms with Crippen LogP contribution in [-0.4, -0.2) is 28.9 Å². The van der Waals surface area contributed by atoms with Crippen LogP contribution in [0.1, 0.15) is 37.5 Å². The van der Waals surface area contributed by atoms with E-state index in [2.05, 4.69) is 10.5 Å². The molecular formula is C22H26N2O4S. The summed E-state index contributed by atoms with van der Waals surface area (Å²) in [6.45, 7) is 9.78. The Morgan fingerprint density at radius 3 is 2.55 bits per heavy atom. The lowest BCUT2D eigenvalue weighted by atomic mass is 10.0. The highest BCUT2D eigenvalue weighted by Crippen LogP contribution is 2.42. The summed E-state index contributed by atoms with van der Waals surface area (Å²) in [6.07, 6.45) is 0.233. The number of para-hydroxylation sites is 1. The van der Waals surface area contributed by atoms with Gasteiger partial charge in [-0.3, -0.25) is 0 Å². The largest absolute Gasteiger partial charge is 0.483 e. The molecule has 0 radical (unpaired) electrons. The molecule has 1 aliphatic heterocycles. The summed E-state index contributed by atoms with van der Waals surface area (Å²) >= 11 is 0.954. The van der Waals surface area contributed by atoms with Gasteiger partial charge in [-0.25, -0.2) is 9.10 Å². The van der Waals surface area contributed by atoms with Crippen molar-refractivity contribution in [3.8, 4) is 17.2 Å². The summed E-state index contributed by atoms with van der Waals surface area (Å²) in [4.78, 5) is 12.5.